The first-order valence-electron chi connectivity index (χ1n) is 9.06. The molecule has 0 N–H and O–H groups in total. The molecule has 2 nitrogen and oxygen atoms in total. The Bertz CT molecular complexity index is 790. The molecule has 25 heavy (non-hydrogen) atoms. The molecule has 130 valence electrons. The highest BCUT2D eigenvalue weighted by atomic mass is 15.0. The summed E-state index contributed by atoms with van der Waals surface area (Å²) >= 11 is 0. The molecule has 2 rings (SSSR count). The van der Waals surface area contributed by atoms with Crippen molar-refractivity contribution in [2.45, 2.75) is 40.5 Å². The van der Waals surface area contributed by atoms with Crippen molar-refractivity contribution in [1.82, 2.24) is 4.98 Å². The molecule has 0 aliphatic heterocycles. The van der Waals surface area contributed by atoms with Gasteiger partial charge in [0, 0.05) is 23.9 Å². The average Bonchev–Trinajstić information content (AvgIpc) is 2.64. The normalized spacial score (nSPS) is 11.4. The quantitative estimate of drug-likeness (QED) is 0.497. The molecule has 0 aliphatic rings. The Labute approximate surface area is 152 Å². The lowest BCUT2D eigenvalue weighted by molar-refractivity contribution is -0.662. The van der Waals surface area contributed by atoms with E-state index in [1.807, 2.05) is 25.3 Å². The first kappa shape index (κ1) is 18.9. The molecule has 0 spiro atoms. The molecule has 0 aliphatic carbocycles. The molecule has 0 amide bonds. The SMILES string of the molecule is CC=CC=CC(=C(CC)CC)c1cc(C)cc(-c2ccccn2)[n+]1C. The van der Waals surface area contributed by atoms with E-state index in [2.05, 4.69) is 79.9 Å². The molecule has 0 saturated heterocycles. The summed E-state index contributed by atoms with van der Waals surface area (Å²) in [4.78, 5) is 4.55. The third-order valence-corrected chi connectivity index (χ3v) is 4.46. The summed E-state index contributed by atoms with van der Waals surface area (Å²) < 4.78 is 2.26. The largest absolute Gasteiger partial charge is 0.250 e. The summed E-state index contributed by atoms with van der Waals surface area (Å²) in [5, 5.41) is 0. The Morgan fingerprint density at radius 3 is 2.48 bits per heavy atom. The highest BCUT2D eigenvalue weighted by Gasteiger charge is 2.20. The van der Waals surface area contributed by atoms with Crippen LogP contribution >= 0.6 is 0 Å². The third-order valence-electron chi connectivity index (χ3n) is 4.46. The second-order valence-corrected chi connectivity index (χ2v) is 6.19. The highest BCUT2D eigenvalue weighted by Crippen LogP contribution is 2.25. The van der Waals surface area contributed by atoms with Crippen LogP contribution in [-0.4, -0.2) is 4.98 Å². The van der Waals surface area contributed by atoms with Gasteiger partial charge in [0.2, 0.25) is 11.4 Å². The van der Waals surface area contributed by atoms with Crippen LogP contribution in [0.1, 0.15) is 44.9 Å². The molecule has 0 fully saturated rings. The molecular weight excluding hydrogens is 304 g/mol. The van der Waals surface area contributed by atoms with Gasteiger partial charge >= 0.3 is 0 Å². The first-order valence-corrected chi connectivity index (χ1v) is 9.06. The Hall–Kier alpha value is -2.48. The molecule has 0 radical (unpaired) electrons. The van der Waals surface area contributed by atoms with E-state index in [1.165, 1.54) is 22.4 Å². The van der Waals surface area contributed by atoms with Gasteiger partial charge in [-0.2, -0.15) is 4.57 Å². The Morgan fingerprint density at radius 1 is 1.12 bits per heavy atom. The van der Waals surface area contributed by atoms with Crippen LogP contribution in [0.5, 0.6) is 0 Å². The zero-order valence-electron chi connectivity index (χ0n) is 16.1. The van der Waals surface area contributed by atoms with E-state index in [-0.39, 0.29) is 0 Å². The summed E-state index contributed by atoms with van der Waals surface area (Å²) in [6.45, 7) is 8.66. The molecule has 0 bridgehead atoms. The van der Waals surface area contributed by atoms with E-state index < -0.39 is 0 Å². The van der Waals surface area contributed by atoms with Crippen LogP contribution in [0, 0.1) is 6.92 Å². The van der Waals surface area contributed by atoms with Gasteiger partial charge in [-0.05, 0) is 50.5 Å². The van der Waals surface area contributed by atoms with E-state index in [0.29, 0.717) is 0 Å². The van der Waals surface area contributed by atoms with Gasteiger partial charge in [-0.3, -0.25) is 0 Å². The van der Waals surface area contributed by atoms with Crippen molar-refractivity contribution in [2.24, 2.45) is 7.05 Å². The molecule has 2 heterocycles. The minimum Gasteiger partial charge on any atom is -0.250 e. The molecular formula is C23H29N2+. The molecule has 0 saturated carbocycles. The topological polar surface area (TPSA) is 16.8 Å². The predicted molar refractivity (Wildman–Crippen MR) is 107 cm³/mol. The smallest absolute Gasteiger partial charge is 0.231 e. The fraction of sp³-hybridized carbons (Fsp3) is 0.304. The number of rotatable bonds is 6. The monoisotopic (exact) mass is 333 g/mol. The van der Waals surface area contributed by atoms with E-state index in [4.69, 9.17) is 0 Å². The first-order chi connectivity index (χ1) is 12.1. The van der Waals surface area contributed by atoms with E-state index in [0.717, 1.165) is 24.2 Å². The van der Waals surface area contributed by atoms with Crippen molar-refractivity contribution >= 4 is 5.57 Å². The lowest BCUT2D eigenvalue weighted by Gasteiger charge is -2.11. The fourth-order valence-electron chi connectivity index (χ4n) is 3.09. The minimum absolute atomic E-state index is 1.00. The molecule has 0 aromatic carbocycles. The summed E-state index contributed by atoms with van der Waals surface area (Å²) in [7, 11) is 2.13. The second kappa shape index (κ2) is 9.12. The Kier molecular flexibility index (Phi) is 6.88. The summed E-state index contributed by atoms with van der Waals surface area (Å²) in [5.74, 6) is 0. The van der Waals surface area contributed by atoms with Crippen LogP contribution in [0.2, 0.25) is 0 Å². The summed E-state index contributed by atoms with van der Waals surface area (Å²) in [5.41, 5.74) is 7.40. The number of allylic oxidation sites excluding steroid dienone is 6. The fourth-order valence-corrected chi connectivity index (χ4v) is 3.09. The van der Waals surface area contributed by atoms with Gasteiger partial charge in [0.15, 0.2) is 0 Å². The van der Waals surface area contributed by atoms with Gasteiger partial charge in [0.05, 0.1) is 0 Å². The number of aryl methyl sites for hydroxylation is 1. The molecule has 2 aromatic heterocycles. The Morgan fingerprint density at radius 2 is 1.88 bits per heavy atom. The number of hydrogen-bond donors (Lipinski definition) is 0. The van der Waals surface area contributed by atoms with Crippen molar-refractivity contribution < 1.29 is 4.57 Å². The van der Waals surface area contributed by atoms with Gasteiger partial charge < -0.3 is 0 Å². The van der Waals surface area contributed by atoms with Gasteiger partial charge in [-0.1, -0.05) is 43.7 Å². The van der Waals surface area contributed by atoms with E-state index in [9.17, 15) is 0 Å². The lowest BCUT2D eigenvalue weighted by Crippen LogP contribution is -2.36. The second-order valence-electron chi connectivity index (χ2n) is 6.19. The van der Waals surface area contributed by atoms with E-state index >= 15 is 0 Å². The van der Waals surface area contributed by atoms with Crippen molar-refractivity contribution in [3.8, 4) is 11.4 Å². The number of pyridine rings is 2. The molecule has 2 heteroatoms. The van der Waals surface area contributed by atoms with E-state index in [1.54, 1.807) is 0 Å². The summed E-state index contributed by atoms with van der Waals surface area (Å²) in [6.07, 6.45) is 12.5. The number of hydrogen-bond acceptors (Lipinski definition) is 1. The van der Waals surface area contributed by atoms with Crippen LogP contribution in [0.15, 0.2) is 66.4 Å². The zero-order chi connectivity index (χ0) is 18.2. The zero-order valence-corrected chi connectivity index (χ0v) is 16.1. The minimum atomic E-state index is 1.00. The standard InChI is InChI=1S/C23H29N2/c1-6-9-10-13-20(19(7-2)8-3)22-16-18(4)17-23(25(22)5)21-14-11-12-15-24-21/h6,9-17H,7-8H2,1-5H3/q+1. The highest BCUT2D eigenvalue weighted by molar-refractivity contribution is 5.74. The number of nitrogens with zero attached hydrogens (tertiary/aromatic N) is 2. The van der Waals surface area contributed by atoms with Gasteiger partial charge in [0.1, 0.15) is 12.7 Å². The van der Waals surface area contributed by atoms with Crippen LogP contribution in [0.3, 0.4) is 0 Å². The predicted octanol–water partition coefficient (Wildman–Crippen LogP) is 5.59. The van der Waals surface area contributed by atoms with Crippen LogP contribution < -0.4 is 4.57 Å². The van der Waals surface area contributed by atoms with Crippen molar-refractivity contribution in [2.75, 3.05) is 0 Å². The number of aromatic nitrogens is 2. The van der Waals surface area contributed by atoms with Gasteiger partial charge in [-0.25, -0.2) is 4.98 Å². The Balaban J connectivity index is 2.70. The average molecular weight is 333 g/mol. The maximum Gasteiger partial charge on any atom is 0.231 e. The summed E-state index contributed by atoms with van der Waals surface area (Å²) in [6, 6.07) is 10.5. The van der Waals surface area contributed by atoms with Crippen molar-refractivity contribution in [3.63, 3.8) is 0 Å². The van der Waals surface area contributed by atoms with Crippen molar-refractivity contribution in [3.05, 3.63) is 77.7 Å². The van der Waals surface area contributed by atoms with Crippen LogP contribution in [-0.2, 0) is 7.05 Å². The maximum atomic E-state index is 4.55. The molecule has 2 aromatic rings. The van der Waals surface area contributed by atoms with Crippen LogP contribution in [0.25, 0.3) is 17.0 Å². The van der Waals surface area contributed by atoms with Gasteiger partial charge in [0.25, 0.3) is 0 Å². The van der Waals surface area contributed by atoms with Crippen LogP contribution in [0.4, 0.5) is 0 Å². The van der Waals surface area contributed by atoms with Gasteiger partial charge in [-0.15, -0.1) is 0 Å². The lowest BCUT2D eigenvalue weighted by atomic mass is 9.97. The molecule has 0 atom stereocenters. The molecule has 0 unspecified atom stereocenters. The third kappa shape index (κ3) is 4.54. The van der Waals surface area contributed by atoms with Crippen molar-refractivity contribution in [1.29, 1.82) is 0 Å². The maximum absolute atomic E-state index is 4.55.